The van der Waals surface area contributed by atoms with Crippen LogP contribution >= 0.6 is 0 Å². The van der Waals surface area contributed by atoms with Gasteiger partial charge in [-0.15, -0.1) is 0 Å². The molecule has 0 bridgehead atoms. The van der Waals surface area contributed by atoms with Crippen LogP contribution in [0.1, 0.15) is 178 Å². The third-order valence-corrected chi connectivity index (χ3v) is 16.9. The van der Waals surface area contributed by atoms with Crippen LogP contribution in [0.15, 0.2) is 0 Å². The number of rotatable bonds is 18. The van der Waals surface area contributed by atoms with Gasteiger partial charge in [-0.05, 0) is 145 Å². The number of aliphatic hydroxyl groups is 2. The van der Waals surface area contributed by atoms with Crippen LogP contribution in [0, 0.1) is 39.4 Å². The fourth-order valence-electron chi connectivity index (χ4n) is 11.2. The smallest absolute Gasteiger partial charge is 0.426 e. The highest BCUT2D eigenvalue weighted by molar-refractivity contribution is 5.91. The Balaban J connectivity index is 1.87. The molecule has 3 saturated carbocycles. The van der Waals surface area contributed by atoms with Crippen LogP contribution in [-0.2, 0) is 47.7 Å². The Morgan fingerprint density at radius 2 is 1.17 bits per heavy atom. The number of ether oxygens (including phenoxy) is 5. The molecule has 0 radical (unpaired) electrons. The van der Waals surface area contributed by atoms with Crippen molar-refractivity contribution in [2.45, 2.75) is 232 Å². The van der Waals surface area contributed by atoms with Crippen molar-refractivity contribution in [2.24, 2.45) is 39.4 Å². The standard InChI is InChI=1S/C49H73F9O12/c1-11-41(7,36(61)69-40(5,6)29-18-14-13-15-19-29)27-42(8,37(62)70-45(12-2)21-16-17-22-45)28-43(9,38(63)68-33-20-23-66-34(33)59)39(3,4)35(60)67-32-25-30(44(10,64)47(50,51)52)24-31(26-32)46(65,48(53,54)55)49(56,57)58/h29-33,64-65H,11-28H2,1-10H3. The first-order valence-electron chi connectivity index (χ1n) is 24.4. The molecule has 4 rings (SSSR count). The van der Waals surface area contributed by atoms with E-state index in [1.807, 2.05) is 6.92 Å². The molecule has 1 aliphatic heterocycles. The molecule has 0 aromatic rings. The zero-order valence-electron chi connectivity index (χ0n) is 42.0. The number of hydrogen-bond donors (Lipinski definition) is 2. The summed E-state index contributed by atoms with van der Waals surface area (Å²) in [5, 5.41) is 21.1. The first kappa shape index (κ1) is 59.2. The number of carbonyl (C=O) groups excluding carboxylic acids is 5. The topological polar surface area (TPSA) is 172 Å². The van der Waals surface area contributed by atoms with Crippen molar-refractivity contribution < 1.29 is 97.4 Å². The van der Waals surface area contributed by atoms with Crippen LogP contribution in [0.25, 0.3) is 0 Å². The van der Waals surface area contributed by atoms with Gasteiger partial charge in [0.25, 0.3) is 5.60 Å². The predicted molar refractivity (Wildman–Crippen MR) is 232 cm³/mol. The SMILES string of the molecule is CCC1(OC(=O)C(C)(CC(C)(CC)C(=O)OC(C)(C)C2CCCCC2)CC(C)(C(=O)OC2CCOC2=O)C(C)(C)C(=O)OC2CC(C(C)(O)C(F)(F)F)CC(C(O)(C(F)(F)F)C(F)(F)F)C2)CCCC1. The molecule has 4 aliphatic rings. The lowest BCUT2D eigenvalue weighted by molar-refractivity contribution is -0.391. The Hall–Kier alpha value is -3.36. The molecule has 1 heterocycles. The first-order valence-corrected chi connectivity index (χ1v) is 24.4. The lowest BCUT2D eigenvalue weighted by Crippen LogP contribution is -2.64. The van der Waals surface area contributed by atoms with E-state index in [1.54, 1.807) is 27.7 Å². The minimum atomic E-state index is -6.52. The molecule has 2 N–H and O–H groups in total. The van der Waals surface area contributed by atoms with E-state index in [4.69, 9.17) is 23.7 Å². The van der Waals surface area contributed by atoms with Crippen molar-refractivity contribution >= 4 is 29.8 Å². The quantitative estimate of drug-likeness (QED) is 0.0757. The number of alkyl halides is 9. The summed E-state index contributed by atoms with van der Waals surface area (Å²) in [4.78, 5) is 72.0. The number of halogens is 9. The average Bonchev–Trinajstić information content (AvgIpc) is 3.90. The molecule has 21 heteroatoms. The second-order valence-corrected chi connectivity index (χ2v) is 22.6. The van der Waals surface area contributed by atoms with Crippen LogP contribution in [0.2, 0.25) is 0 Å². The van der Waals surface area contributed by atoms with Gasteiger partial charge in [-0.1, -0.05) is 33.1 Å². The second-order valence-electron chi connectivity index (χ2n) is 22.6. The molecule has 404 valence electrons. The molecule has 0 spiro atoms. The molecule has 0 aromatic heterocycles. The first-order chi connectivity index (χ1) is 31.7. The van der Waals surface area contributed by atoms with Gasteiger partial charge in [-0.25, -0.2) is 4.79 Å². The van der Waals surface area contributed by atoms with E-state index in [-0.39, 0.29) is 38.7 Å². The van der Waals surface area contributed by atoms with Gasteiger partial charge in [-0.2, -0.15) is 39.5 Å². The van der Waals surface area contributed by atoms with E-state index in [0.29, 0.717) is 32.1 Å². The molecule has 12 nitrogen and oxygen atoms in total. The highest BCUT2D eigenvalue weighted by Crippen LogP contribution is 2.58. The van der Waals surface area contributed by atoms with Crippen molar-refractivity contribution in [3.63, 3.8) is 0 Å². The van der Waals surface area contributed by atoms with E-state index < -0.39 is 142 Å². The van der Waals surface area contributed by atoms with Gasteiger partial charge in [0.15, 0.2) is 5.60 Å². The van der Waals surface area contributed by atoms with Gasteiger partial charge < -0.3 is 33.9 Å². The van der Waals surface area contributed by atoms with E-state index in [1.165, 1.54) is 6.92 Å². The molecule has 4 fully saturated rings. The Kier molecular flexibility index (Phi) is 17.3. The van der Waals surface area contributed by atoms with E-state index in [9.17, 15) is 68.9 Å². The summed E-state index contributed by atoms with van der Waals surface area (Å²) in [5.74, 6) is -11.1. The summed E-state index contributed by atoms with van der Waals surface area (Å²) in [7, 11) is 0. The second kappa shape index (κ2) is 20.5. The van der Waals surface area contributed by atoms with Gasteiger partial charge in [0.2, 0.25) is 6.10 Å². The molecule has 0 amide bonds. The van der Waals surface area contributed by atoms with Crippen LogP contribution < -0.4 is 0 Å². The molecule has 70 heavy (non-hydrogen) atoms. The summed E-state index contributed by atoms with van der Waals surface area (Å²) in [6.07, 6.45) is -20.8. The molecule has 8 unspecified atom stereocenters. The van der Waals surface area contributed by atoms with Gasteiger partial charge in [0.1, 0.15) is 17.3 Å². The molecular weight excluding hydrogens is 952 g/mol. The van der Waals surface area contributed by atoms with Gasteiger partial charge in [0.05, 0.1) is 28.3 Å². The van der Waals surface area contributed by atoms with E-state index in [0.717, 1.165) is 52.9 Å². The van der Waals surface area contributed by atoms with Crippen molar-refractivity contribution in [3.8, 4) is 0 Å². The third kappa shape index (κ3) is 11.7. The van der Waals surface area contributed by atoms with Crippen LogP contribution in [0.5, 0.6) is 0 Å². The van der Waals surface area contributed by atoms with Crippen molar-refractivity contribution in [3.05, 3.63) is 0 Å². The highest BCUT2D eigenvalue weighted by Gasteiger charge is 2.75. The van der Waals surface area contributed by atoms with Crippen LogP contribution in [0.4, 0.5) is 39.5 Å². The lowest BCUT2D eigenvalue weighted by Gasteiger charge is -2.49. The Morgan fingerprint density at radius 1 is 0.629 bits per heavy atom. The Bertz CT molecular complexity index is 1890. The number of carbonyl (C=O) groups is 5. The Labute approximate surface area is 404 Å². The molecule has 8 atom stereocenters. The lowest BCUT2D eigenvalue weighted by atomic mass is 9.57. The summed E-state index contributed by atoms with van der Waals surface area (Å²) in [6, 6.07) is 0. The largest absolute Gasteiger partial charge is 0.463 e. The molecule has 3 aliphatic carbocycles. The maximum atomic E-state index is 15.1. The Morgan fingerprint density at radius 3 is 1.64 bits per heavy atom. The van der Waals surface area contributed by atoms with Crippen LogP contribution in [0.3, 0.4) is 0 Å². The van der Waals surface area contributed by atoms with Gasteiger partial charge >= 0.3 is 48.4 Å². The fraction of sp³-hybridized carbons (Fsp3) is 0.898. The predicted octanol–water partition coefficient (Wildman–Crippen LogP) is 10.7. The van der Waals surface area contributed by atoms with Crippen LogP contribution in [-0.4, -0.2) is 99.8 Å². The molecular formula is C49H73F9O12. The average molecular weight is 1030 g/mol. The molecule has 0 aromatic carbocycles. The van der Waals surface area contributed by atoms with Gasteiger partial charge in [-0.3, -0.25) is 19.2 Å². The number of cyclic esters (lactones) is 1. The molecule has 1 saturated heterocycles. The normalized spacial score (nSPS) is 26.7. The summed E-state index contributed by atoms with van der Waals surface area (Å²) in [5.41, 5.74) is -19.8. The maximum absolute atomic E-state index is 15.1. The van der Waals surface area contributed by atoms with Crippen molar-refractivity contribution in [1.29, 1.82) is 0 Å². The fourth-order valence-corrected chi connectivity index (χ4v) is 11.2. The zero-order valence-corrected chi connectivity index (χ0v) is 42.0. The van der Waals surface area contributed by atoms with Crippen molar-refractivity contribution in [2.75, 3.05) is 6.61 Å². The van der Waals surface area contributed by atoms with Crippen molar-refractivity contribution in [1.82, 2.24) is 0 Å². The monoisotopic (exact) mass is 1020 g/mol. The number of esters is 5. The third-order valence-electron chi connectivity index (χ3n) is 16.9. The van der Waals surface area contributed by atoms with E-state index >= 15 is 4.79 Å². The summed E-state index contributed by atoms with van der Waals surface area (Å²) in [6.45, 7) is 13.3. The highest BCUT2D eigenvalue weighted by atomic mass is 19.4. The van der Waals surface area contributed by atoms with E-state index in [2.05, 4.69) is 0 Å². The maximum Gasteiger partial charge on any atom is 0.426 e. The minimum Gasteiger partial charge on any atom is -0.463 e. The zero-order chi connectivity index (χ0) is 53.5. The van der Waals surface area contributed by atoms with Gasteiger partial charge in [0, 0.05) is 18.3 Å². The summed E-state index contributed by atoms with van der Waals surface area (Å²) < 4.78 is 157. The summed E-state index contributed by atoms with van der Waals surface area (Å²) >= 11 is 0. The minimum absolute atomic E-state index is 0.0200. The number of hydrogen-bond acceptors (Lipinski definition) is 12.